The highest BCUT2D eigenvalue weighted by Gasteiger charge is 2.52. The summed E-state index contributed by atoms with van der Waals surface area (Å²) in [6, 6.07) is 0. The van der Waals surface area contributed by atoms with E-state index in [4.69, 9.17) is 0 Å². The van der Waals surface area contributed by atoms with Gasteiger partial charge in [-0.3, -0.25) is 0 Å². The fourth-order valence-electron chi connectivity index (χ4n) is 0.637. The highest BCUT2D eigenvalue weighted by molar-refractivity contribution is 4.84. The molecule has 7 heteroatoms. The van der Waals surface area contributed by atoms with Crippen molar-refractivity contribution >= 4 is 0 Å². The van der Waals surface area contributed by atoms with Gasteiger partial charge in [-0.15, -0.1) is 0 Å². The SMILES string of the molecule is [CH2]CC(F)(F)C[C@H](F)C(F)(F)C(F)F. The maximum absolute atomic E-state index is 12.4. The molecule has 0 aliphatic heterocycles. The zero-order valence-corrected chi connectivity index (χ0v) is 6.92. The normalized spacial score (nSPS) is 16.1. The standard InChI is InChI=1S/C7H8F7/c1-2-6(11,12)3-4(8)7(13,14)5(9)10/h4-5H,1-3H2/t4-/m0/s1. The summed E-state index contributed by atoms with van der Waals surface area (Å²) in [4.78, 5) is 0. The van der Waals surface area contributed by atoms with Crippen LogP contribution in [0, 0.1) is 6.92 Å². The molecule has 14 heavy (non-hydrogen) atoms. The number of alkyl halides is 7. The molecule has 0 saturated carbocycles. The summed E-state index contributed by atoms with van der Waals surface area (Å²) in [5, 5.41) is 0. The van der Waals surface area contributed by atoms with E-state index < -0.39 is 37.3 Å². The minimum atomic E-state index is -5.04. The molecule has 0 amide bonds. The van der Waals surface area contributed by atoms with Gasteiger partial charge in [0.1, 0.15) is 0 Å². The van der Waals surface area contributed by atoms with Crippen LogP contribution in [0.25, 0.3) is 0 Å². The van der Waals surface area contributed by atoms with Crippen molar-refractivity contribution in [2.75, 3.05) is 0 Å². The molecule has 0 saturated heterocycles. The molecule has 0 aliphatic carbocycles. The molecule has 0 bridgehead atoms. The minimum absolute atomic E-state index is 1.12. The first kappa shape index (κ1) is 13.5. The zero-order valence-electron chi connectivity index (χ0n) is 6.92. The van der Waals surface area contributed by atoms with E-state index in [9.17, 15) is 30.7 Å². The summed E-state index contributed by atoms with van der Waals surface area (Å²) < 4.78 is 84.2. The molecule has 0 aliphatic rings. The van der Waals surface area contributed by atoms with Crippen LogP contribution in [0.1, 0.15) is 12.8 Å². The lowest BCUT2D eigenvalue weighted by Crippen LogP contribution is -2.40. The first-order valence-electron chi connectivity index (χ1n) is 3.60. The van der Waals surface area contributed by atoms with Gasteiger partial charge in [-0.2, -0.15) is 8.78 Å². The third kappa shape index (κ3) is 3.34. The fraction of sp³-hybridized carbons (Fsp3) is 0.857. The molecule has 0 nitrogen and oxygen atoms in total. The van der Waals surface area contributed by atoms with Gasteiger partial charge in [-0.1, -0.05) is 0 Å². The maximum Gasteiger partial charge on any atom is 0.338 e. The van der Waals surface area contributed by atoms with Gasteiger partial charge in [-0.25, -0.2) is 22.0 Å². The lowest BCUT2D eigenvalue weighted by Gasteiger charge is -2.23. The lowest BCUT2D eigenvalue weighted by atomic mass is 10.1. The van der Waals surface area contributed by atoms with Crippen molar-refractivity contribution in [3.05, 3.63) is 6.92 Å². The van der Waals surface area contributed by atoms with Crippen LogP contribution in [0.2, 0.25) is 0 Å². The average Bonchev–Trinajstić information content (AvgIpc) is 2.03. The highest BCUT2D eigenvalue weighted by atomic mass is 19.3. The summed E-state index contributed by atoms with van der Waals surface area (Å²) in [5.41, 5.74) is 0. The molecule has 0 heterocycles. The quantitative estimate of drug-likeness (QED) is 0.628. The Bertz CT molecular complexity index is 177. The van der Waals surface area contributed by atoms with Crippen molar-refractivity contribution in [2.24, 2.45) is 0 Å². The second-order valence-corrected chi connectivity index (χ2v) is 2.75. The molecule has 0 fully saturated rings. The third-order valence-electron chi connectivity index (χ3n) is 1.55. The van der Waals surface area contributed by atoms with E-state index in [0.717, 1.165) is 0 Å². The molecule has 0 aromatic heterocycles. The Kier molecular flexibility index (Phi) is 4.20. The van der Waals surface area contributed by atoms with Crippen LogP contribution in [-0.2, 0) is 0 Å². The first-order chi connectivity index (χ1) is 6.13. The highest BCUT2D eigenvalue weighted by Crippen LogP contribution is 2.36. The van der Waals surface area contributed by atoms with Crippen molar-refractivity contribution in [3.63, 3.8) is 0 Å². The zero-order chi connectivity index (χ0) is 11.6. The van der Waals surface area contributed by atoms with Crippen molar-refractivity contribution in [1.82, 2.24) is 0 Å². The molecule has 0 aromatic carbocycles. The van der Waals surface area contributed by atoms with Crippen LogP contribution in [0.15, 0.2) is 0 Å². The van der Waals surface area contributed by atoms with Gasteiger partial charge >= 0.3 is 12.3 Å². The van der Waals surface area contributed by atoms with Crippen molar-refractivity contribution in [3.8, 4) is 0 Å². The smallest absolute Gasteiger partial charge is 0.240 e. The van der Waals surface area contributed by atoms with Gasteiger partial charge < -0.3 is 0 Å². The number of hydrogen-bond donors (Lipinski definition) is 0. The maximum atomic E-state index is 12.4. The Balaban J connectivity index is 4.41. The van der Waals surface area contributed by atoms with Crippen LogP contribution in [0.4, 0.5) is 30.7 Å². The number of rotatable bonds is 5. The Morgan fingerprint density at radius 3 is 1.71 bits per heavy atom. The van der Waals surface area contributed by atoms with Crippen LogP contribution in [0.5, 0.6) is 0 Å². The van der Waals surface area contributed by atoms with Crippen LogP contribution < -0.4 is 0 Å². The second kappa shape index (κ2) is 4.35. The fourth-order valence-corrected chi connectivity index (χ4v) is 0.637. The molecule has 0 N–H and O–H groups in total. The van der Waals surface area contributed by atoms with Crippen LogP contribution in [0.3, 0.4) is 0 Å². The Hall–Kier alpha value is -0.490. The van der Waals surface area contributed by atoms with E-state index in [1.165, 1.54) is 0 Å². The van der Waals surface area contributed by atoms with Gasteiger partial charge in [0.2, 0.25) is 0 Å². The summed E-state index contributed by atoms with van der Waals surface area (Å²) in [6.07, 6.45) is -10.9. The van der Waals surface area contributed by atoms with Gasteiger partial charge in [0, 0.05) is 12.8 Å². The van der Waals surface area contributed by atoms with Gasteiger partial charge in [0.15, 0.2) is 6.17 Å². The summed E-state index contributed by atoms with van der Waals surface area (Å²) in [7, 11) is 0. The molecule has 0 unspecified atom stereocenters. The van der Waals surface area contributed by atoms with Gasteiger partial charge in [-0.05, 0) is 6.92 Å². The topological polar surface area (TPSA) is 0 Å². The predicted octanol–water partition coefficient (Wildman–Crippen LogP) is 3.47. The van der Waals surface area contributed by atoms with E-state index in [-0.39, 0.29) is 0 Å². The van der Waals surface area contributed by atoms with E-state index in [0.29, 0.717) is 0 Å². The lowest BCUT2D eigenvalue weighted by molar-refractivity contribution is -0.187. The van der Waals surface area contributed by atoms with E-state index in [2.05, 4.69) is 6.92 Å². The predicted molar refractivity (Wildman–Crippen MR) is 35.4 cm³/mol. The molecular weight excluding hydrogens is 217 g/mol. The minimum Gasteiger partial charge on any atom is -0.240 e. The third-order valence-corrected chi connectivity index (χ3v) is 1.55. The van der Waals surface area contributed by atoms with Crippen molar-refractivity contribution < 1.29 is 30.7 Å². The molecule has 0 spiro atoms. The molecule has 0 aromatic rings. The molecule has 0 rings (SSSR count). The Morgan fingerprint density at radius 1 is 1.00 bits per heavy atom. The van der Waals surface area contributed by atoms with Crippen LogP contribution in [-0.4, -0.2) is 24.4 Å². The second-order valence-electron chi connectivity index (χ2n) is 2.75. The molecule has 85 valence electrons. The Labute approximate surface area is 76.1 Å². The average molecular weight is 225 g/mol. The largest absolute Gasteiger partial charge is 0.338 e. The first-order valence-corrected chi connectivity index (χ1v) is 3.60. The van der Waals surface area contributed by atoms with Gasteiger partial charge in [0.05, 0.1) is 0 Å². The Morgan fingerprint density at radius 2 is 1.43 bits per heavy atom. The number of halogens is 7. The van der Waals surface area contributed by atoms with E-state index >= 15 is 0 Å². The van der Waals surface area contributed by atoms with Crippen molar-refractivity contribution in [1.29, 1.82) is 0 Å². The number of hydrogen-bond acceptors (Lipinski definition) is 0. The van der Waals surface area contributed by atoms with Gasteiger partial charge in [0.25, 0.3) is 5.92 Å². The summed E-state index contributed by atoms with van der Waals surface area (Å²) in [5.74, 6) is -8.84. The molecule has 1 radical (unpaired) electrons. The van der Waals surface area contributed by atoms with Crippen LogP contribution >= 0.6 is 0 Å². The van der Waals surface area contributed by atoms with E-state index in [1.54, 1.807) is 0 Å². The molecule has 1 atom stereocenters. The summed E-state index contributed by atoms with van der Waals surface area (Å²) in [6.45, 7) is 2.69. The van der Waals surface area contributed by atoms with E-state index in [1.807, 2.05) is 0 Å². The molecular formula is C7H8F7. The summed E-state index contributed by atoms with van der Waals surface area (Å²) >= 11 is 0. The van der Waals surface area contributed by atoms with Crippen molar-refractivity contribution in [2.45, 2.75) is 37.3 Å². The monoisotopic (exact) mass is 225 g/mol.